The normalized spacial score (nSPS) is 43.0. The molecule has 3 fully saturated rings. The van der Waals surface area contributed by atoms with Gasteiger partial charge >= 0.3 is 5.97 Å². The highest BCUT2D eigenvalue weighted by atomic mass is 16.5. The molecule has 4 rings (SSSR count). The maximum Gasteiger partial charge on any atom is 0.302 e. The molecule has 0 spiro atoms. The van der Waals surface area contributed by atoms with E-state index >= 15 is 0 Å². The lowest BCUT2D eigenvalue weighted by molar-refractivity contribution is -0.152. The van der Waals surface area contributed by atoms with Gasteiger partial charge in [0, 0.05) is 6.92 Å². The zero-order valence-corrected chi connectivity index (χ0v) is 22.1. The molecule has 2 heteroatoms. The summed E-state index contributed by atoms with van der Waals surface area (Å²) in [5.74, 6) is 5.58. The van der Waals surface area contributed by atoms with E-state index in [0.717, 1.165) is 48.3 Å². The molecule has 32 heavy (non-hydrogen) atoms. The third-order valence-corrected chi connectivity index (χ3v) is 11.3. The third-order valence-electron chi connectivity index (χ3n) is 11.3. The second-order valence-electron chi connectivity index (χ2n) is 13.3. The summed E-state index contributed by atoms with van der Waals surface area (Å²) < 4.78 is 5.64. The maximum atomic E-state index is 11.5. The predicted molar refractivity (Wildman–Crippen MR) is 133 cm³/mol. The first-order valence-electron chi connectivity index (χ1n) is 13.9. The van der Waals surface area contributed by atoms with Gasteiger partial charge in [-0.05, 0) is 104 Å². The molecule has 4 aliphatic carbocycles. The number of hydrogen-bond acceptors (Lipinski definition) is 2. The Bertz CT molecular complexity index is 722. The van der Waals surface area contributed by atoms with Crippen molar-refractivity contribution in [3.63, 3.8) is 0 Å². The lowest BCUT2D eigenvalue weighted by Gasteiger charge is -2.58. The van der Waals surface area contributed by atoms with E-state index in [1.165, 1.54) is 51.4 Å². The monoisotopic (exact) mass is 442 g/mol. The van der Waals surface area contributed by atoms with E-state index in [2.05, 4.69) is 47.6 Å². The van der Waals surface area contributed by atoms with Crippen molar-refractivity contribution >= 4 is 5.97 Å². The number of fused-ring (bicyclic) bond motifs is 5. The standard InChI is InChI=1S/C30H50O2/c1-19(2)20(3)8-9-21(4)26-12-13-27-25-11-10-23-18-24(32-22(5)31)14-16-29(23,6)28(25)15-17-30(26,27)7/h11,19-21,23-24,26-28H,8-10,12-18H2,1-7H3/t20-,21-,23?,24?,26-,27+,28+,29+,30-/m1/s1. The Labute approximate surface area is 198 Å². The number of hydrogen-bond donors (Lipinski definition) is 0. The van der Waals surface area contributed by atoms with Crippen LogP contribution in [0.25, 0.3) is 0 Å². The quantitative estimate of drug-likeness (QED) is 0.306. The summed E-state index contributed by atoms with van der Waals surface area (Å²) in [6.45, 7) is 16.6. The highest BCUT2D eigenvalue weighted by Gasteiger charge is 2.58. The van der Waals surface area contributed by atoms with Crippen LogP contribution in [0.15, 0.2) is 11.6 Å². The van der Waals surface area contributed by atoms with Crippen LogP contribution in [0.5, 0.6) is 0 Å². The Morgan fingerprint density at radius 3 is 2.38 bits per heavy atom. The molecule has 0 heterocycles. The van der Waals surface area contributed by atoms with Crippen molar-refractivity contribution in [3.05, 3.63) is 11.6 Å². The van der Waals surface area contributed by atoms with E-state index in [0.29, 0.717) is 16.7 Å². The summed E-state index contributed by atoms with van der Waals surface area (Å²) in [7, 11) is 0. The SMILES string of the molecule is CC(=O)OC1CC[C@@]2(C)C(CC=C3[C@@H]4CC[C@H]([C@H](C)CC[C@@H](C)C(C)C)[C@@]4(C)CC[C@@H]32)C1. The molecule has 0 radical (unpaired) electrons. The molecule has 2 nitrogen and oxygen atoms in total. The van der Waals surface area contributed by atoms with Gasteiger partial charge in [0.15, 0.2) is 0 Å². The summed E-state index contributed by atoms with van der Waals surface area (Å²) in [6, 6.07) is 0. The minimum Gasteiger partial charge on any atom is -0.463 e. The minimum absolute atomic E-state index is 0.104. The minimum atomic E-state index is -0.104. The van der Waals surface area contributed by atoms with Crippen LogP contribution in [0.4, 0.5) is 0 Å². The van der Waals surface area contributed by atoms with Crippen LogP contribution in [0.3, 0.4) is 0 Å². The first-order chi connectivity index (χ1) is 15.1. The summed E-state index contributed by atoms with van der Waals surface area (Å²) in [6.07, 6.45) is 15.9. The van der Waals surface area contributed by atoms with Crippen molar-refractivity contribution < 1.29 is 9.53 Å². The van der Waals surface area contributed by atoms with Crippen LogP contribution in [0, 0.1) is 52.3 Å². The molecule has 0 N–H and O–H groups in total. The molecule has 0 aliphatic heterocycles. The van der Waals surface area contributed by atoms with Gasteiger partial charge in [-0.25, -0.2) is 0 Å². The molecule has 182 valence electrons. The number of esters is 1. The largest absolute Gasteiger partial charge is 0.463 e. The van der Waals surface area contributed by atoms with Gasteiger partial charge in [0.05, 0.1) is 0 Å². The van der Waals surface area contributed by atoms with Crippen LogP contribution in [0.2, 0.25) is 0 Å². The Morgan fingerprint density at radius 2 is 1.69 bits per heavy atom. The van der Waals surface area contributed by atoms with Crippen molar-refractivity contribution in [1.29, 1.82) is 0 Å². The number of rotatable bonds is 6. The average Bonchev–Trinajstić information content (AvgIpc) is 3.08. The van der Waals surface area contributed by atoms with Crippen LogP contribution >= 0.6 is 0 Å². The molecule has 0 amide bonds. The molecular weight excluding hydrogens is 392 g/mol. The van der Waals surface area contributed by atoms with Crippen LogP contribution in [-0.2, 0) is 9.53 Å². The van der Waals surface area contributed by atoms with E-state index in [1.807, 2.05) is 5.57 Å². The average molecular weight is 443 g/mol. The fourth-order valence-corrected chi connectivity index (χ4v) is 8.85. The summed E-state index contributed by atoms with van der Waals surface area (Å²) in [5.41, 5.74) is 2.79. The van der Waals surface area contributed by atoms with Crippen LogP contribution in [0.1, 0.15) is 113 Å². The Morgan fingerprint density at radius 1 is 1.00 bits per heavy atom. The fraction of sp³-hybridized carbons (Fsp3) is 0.900. The molecule has 0 bridgehead atoms. The van der Waals surface area contributed by atoms with E-state index < -0.39 is 0 Å². The smallest absolute Gasteiger partial charge is 0.302 e. The van der Waals surface area contributed by atoms with Gasteiger partial charge in [-0.2, -0.15) is 0 Å². The van der Waals surface area contributed by atoms with Crippen molar-refractivity contribution in [2.24, 2.45) is 52.3 Å². The third kappa shape index (κ3) is 4.22. The molecule has 0 aromatic heterocycles. The molecular formula is C30H50O2. The first-order valence-corrected chi connectivity index (χ1v) is 13.9. The summed E-state index contributed by atoms with van der Waals surface area (Å²) in [5, 5.41) is 0. The van der Waals surface area contributed by atoms with Gasteiger partial charge in [-0.3, -0.25) is 4.79 Å². The van der Waals surface area contributed by atoms with Gasteiger partial charge in [-0.1, -0.05) is 66.0 Å². The molecule has 4 aliphatic rings. The second-order valence-corrected chi connectivity index (χ2v) is 13.3. The zero-order valence-electron chi connectivity index (χ0n) is 22.1. The molecule has 2 unspecified atom stereocenters. The molecule has 0 aromatic carbocycles. The van der Waals surface area contributed by atoms with Gasteiger partial charge in [0.2, 0.25) is 0 Å². The number of allylic oxidation sites excluding steroid dienone is 2. The van der Waals surface area contributed by atoms with Gasteiger partial charge in [-0.15, -0.1) is 0 Å². The zero-order chi connectivity index (χ0) is 23.3. The van der Waals surface area contributed by atoms with Crippen LogP contribution in [-0.4, -0.2) is 12.1 Å². The second kappa shape index (κ2) is 9.10. The van der Waals surface area contributed by atoms with Crippen molar-refractivity contribution in [2.75, 3.05) is 0 Å². The lowest BCUT2D eigenvalue weighted by atomic mass is 9.47. The number of carbonyl (C=O) groups excluding carboxylic acids is 1. The Hall–Kier alpha value is -0.790. The van der Waals surface area contributed by atoms with E-state index in [9.17, 15) is 4.79 Å². The van der Waals surface area contributed by atoms with E-state index in [-0.39, 0.29) is 12.1 Å². The molecule has 9 atom stereocenters. The number of carbonyl (C=O) groups is 1. The Balaban J connectivity index is 1.47. The van der Waals surface area contributed by atoms with Gasteiger partial charge in [0.1, 0.15) is 6.10 Å². The van der Waals surface area contributed by atoms with Crippen molar-refractivity contribution in [1.82, 2.24) is 0 Å². The molecule has 0 aromatic rings. The predicted octanol–water partition coefficient (Wildman–Crippen LogP) is 8.21. The molecule has 3 saturated carbocycles. The van der Waals surface area contributed by atoms with Crippen molar-refractivity contribution in [2.45, 2.75) is 119 Å². The van der Waals surface area contributed by atoms with Crippen LogP contribution < -0.4 is 0 Å². The lowest BCUT2D eigenvalue weighted by Crippen LogP contribution is -2.50. The van der Waals surface area contributed by atoms with Crippen molar-refractivity contribution in [3.8, 4) is 0 Å². The maximum absolute atomic E-state index is 11.5. The summed E-state index contributed by atoms with van der Waals surface area (Å²) in [4.78, 5) is 11.5. The van der Waals surface area contributed by atoms with Gasteiger partial charge in [0.25, 0.3) is 0 Å². The Kier molecular flexibility index (Phi) is 6.92. The highest BCUT2D eigenvalue weighted by molar-refractivity contribution is 5.66. The molecule has 0 saturated heterocycles. The fourth-order valence-electron chi connectivity index (χ4n) is 8.85. The van der Waals surface area contributed by atoms with Gasteiger partial charge < -0.3 is 4.74 Å². The topological polar surface area (TPSA) is 26.3 Å². The highest BCUT2D eigenvalue weighted by Crippen LogP contribution is 2.67. The number of ether oxygens (including phenoxy) is 1. The summed E-state index contributed by atoms with van der Waals surface area (Å²) >= 11 is 0. The van der Waals surface area contributed by atoms with E-state index in [1.54, 1.807) is 6.92 Å². The first kappa shape index (κ1) is 24.3. The van der Waals surface area contributed by atoms with E-state index in [4.69, 9.17) is 4.74 Å².